The van der Waals surface area contributed by atoms with E-state index in [1.807, 2.05) is 6.07 Å². The lowest BCUT2D eigenvalue weighted by molar-refractivity contribution is -0.118. The summed E-state index contributed by atoms with van der Waals surface area (Å²) in [4.78, 5) is 15.1. The van der Waals surface area contributed by atoms with Gasteiger partial charge >= 0.3 is 0 Å². The molecular weight excluding hydrogens is 214 g/mol. The minimum absolute atomic E-state index is 0.0604. The minimum Gasteiger partial charge on any atom is -0.355 e. The number of nitrogens with one attached hydrogen (secondary N) is 2. The molecule has 0 radical (unpaired) electrons. The van der Waals surface area contributed by atoms with Gasteiger partial charge in [-0.15, -0.1) is 11.8 Å². The second kappa shape index (κ2) is 6.84. The molecule has 0 aliphatic heterocycles. The lowest BCUT2D eigenvalue weighted by Gasteiger charge is -2.01. The largest absolute Gasteiger partial charge is 0.355 e. The van der Waals surface area contributed by atoms with Crippen LogP contribution in [0.1, 0.15) is 5.82 Å². The number of H-pyrrole nitrogens is 1. The quantitative estimate of drug-likeness (QED) is 0.649. The first kappa shape index (κ1) is 11.5. The lowest BCUT2D eigenvalue weighted by atomic mass is 10.4. The normalized spacial score (nSPS) is 9.53. The second-order valence-electron chi connectivity index (χ2n) is 2.68. The fourth-order valence-corrected chi connectivity index (χ4v) is 1.39. The van der Waals surface area contributed by atoms with E-state index in [0.29, 0.717) is 24.5 Å². The van der Waals surface area contributed by atoms with Crippen LogP contribution in [-0.4, -0.2) is 39.1 Å². The van der Waals surface area contributed by atoms with Gasteiger partial charge in [-0.1, -0.05) is 0 Å². The number of aromatic nitrogens is 3. The van der Waals surface area contributed by atoms with E-state index >= 15 is 0 Å². The van der Waals surface area contributed by atoms with Crippen molar-refractivity contribution in [1.82, 2.24) is 20.5 Å². The highest BCUT2D eigenvalue weighted by molar-refractivity contribution is 8.00. The van der Waals surface area contributed by atoms with Gasteiger partial charge in [-0.3, -0.25) is 9.89 Å². The van der Waals surface area contributed by atoms with E-state index in [-0.39, 0.29) is 5.91 Å². The first-order chi connectivity index (χ1) is 7.33. The van der Waals surface area contributed by atoms with Crippen LogP contribution in [0.25, 0.3) is 0 Å². The van der Waals surface area contributed by atoms with E-state index in [0.717, 1.165) is 5.82 Å². The molecule has 0 unspecified atom stereocenters. The average Bonchev–Trinajstić information content (AvgIpc) is 2.71. The predicted octanol–water partition coefficient (Wildman–Crippen LogP) is -0.280. The third-order valence-electron chi connectivity index (χ3n) is 1.55. The topological polar surface area (TPSA) is 94.5 Å². The summed E-state index contributed by atoms with van der Waals surface area (Å²) in [6, 6.07) is 1.96. The summed E-state index contributed by atoms with van der Waals surface area (Å²) in [6.07, 6.45) is 2.06. The molecule has 1 heterocycles. The summed E-state index contributed by atoms with van der Waals surface area (Å²) < 4.78 is 0. The van der Waals surface area contributed by atoms with Crippen LogP contribution in [0.5, 0.6) is 0 Å². The summed E-state index contributed by atoms with van der Waals surface area (Å²) in [5.41, 5.74) is 0. The van der Waals surface area contributed by atoms with E-state index < -0.39 is 0 Å². The number of hydrogen-bond acceptors (Lipinski definition) is 5. The van der Waals surface area contributed by atoms with Crippen LogP contribution in [0, 0.1) is 11.3 Å². The Morgan fingerprint density at radius 3 is 3.27 bits per heavy atom. The van der Waals surface area contributed by atoms with Crippen molar-refractivity contribution in [3.8, 4) is 6.07 Å². The molecule has 0 atom stereocenters. The van der Waals surface area contributed by atoms with E-state index in [4.69, 9.17) is 5.26 Å². The number of aromatic amines is 1. The lowest BCUT2D eigenvalue weighted by Crippen LogP contribution is -2.27. The number of carbonyl (C=O) groups is 1. The first-order valence-electron chi connectivity index (χ1n) is 4.38. The predicted molar refractivity (Wildman–Crippen MR) is 56.0 cm³/mol. The maximum absolute atomic E-state index is 11.2. The van der Waals surface area contributed by atoms with Crippen LogP contribution in [0.15, 0.2) is 6.33 Å². The SMILES string of the molecule is N#CCSCC(=O)NCCc1ncn[nH]1. The Labute approximate surface area is 91.5 Å². The van der Waals surface area contributed by atoms with Gasteiger partial charge in [0.1, 0.15) is 12.2 Å². The molecule has 0 spiro atoms. The van der Waals surface area contributed by atoms with Crippen LogP contribution in [0.2, 0.25) is 0 Å². The maximum Gasteiger partial charge on any atom is 0.230 e. The van der Waals surface area contributed by atoms with E-state index in [2.05, 4.69) is 20.5 Å². The third-order valence-corrected chi connectivity index (χ3v) is 2.35. The molecule has 6 nitrogen and oxygen atoms in total. The Hall–Kier alpha value is -1.55. The average molecular weight is 225 g/mol. The van der Waals surface area contributed by atoms with E-state index in [1.54, 1.807) is 0 Å². The van der Waals surface area contributed by atoms with Gasteiger partial charge in [-0.05, 0) is 0 Å². The van der Waals surface area contributed by atoms with Crippen LogP contribution < -0.4 is 5.32 Å². The fraction of sp³-hybridized carbons (Fsp3) is 0.500. The van der Waals surface area contributed by atoms with Crippen LogP contribution >= 0.6 is 11.8 Å². The Bertz CT molecular complexity index is 331. The molecule has 1 aromatic rings. The number of nitriles is 1. The van der Waals surface area contributed by atoms with Gasteiger partial charge in [0, 0.05) is 13.0 Å². The van der Waals surface area contributed by atoms with Gasteiger partial charge < -0.3 is 5.32 Å². The van der Waals surface area contributed by atoms with Gasteiger partial charge in [0.15, 0.2) is 0 Å². The highest BCUT2D eigenvalue weighted by atomic mass is 32.2. The van der Waals surface area contributed by atoms with Crippen molar-refractivity contribution in [2.75, 3.05) is 18.1 Å². The van der Waals surface area contributed by atoms with E-state index in [1.165, 1.54) is 18.1 Å². The van der Waals surface area contributed by atoms with Crippen molar-refractivity contribution in [2.45, 2.75) is 6.42 Å². The highest BCUT2D eigenvalue weighted by Crippen LogP contribution is 1.96. The summed E-state index contributed by atoms with van der Waals surface area (Å²) in [7, 11) is 0. The molecule has 2 N–H and O–H groups in total. The molecular formula is C8H11N5OS. The zero-order chi connectivity index (χ0) is 10.9. The molecule has 0 fully saturated rings. The molecule has 7 heteroatoms. The number of nitrogens with zero attached hydrogens (tertiary/aromatic N) is 3. The van der Waals surface area contributed by atoms with Crippen molar-refractivity contribution in [1.29, 1.82) is 5.26 Å². The maximum atomic E-state index is 11.2. The number of rotatable bonds is 6. The Morgan fingerprint density at radius 1 is 1.73 bits per heavy atom. The monoisotopic (exact) mass is 225 g/mol. The summed E-state index contributed by atoms with van der Waals surface area (Å²) >= 11 is 1.30. The molecule has 80 valence electrons. The van der Waals surface area contributed by atoms with Crippen molar-refractivity contribution in [3.05, 3.63) is 12.2 Å². The molecule has 1 amide bonds. The van der Waals surface area contributed by atoms with Gasteiger partial charge in [-0.25, -0.2) is 4.98 Å². The van der Waals surface area contributed by atoms with Crippen LogP contribution in [-0.2, 0) is 11.2 Å². The Morgan fingerprint density at radius 2 is 2.60 bits per heavy atom. The van der Waals surface area contributed by atoms with Crippen LogP contribution in [0.4, 0.5) is 0 Å². The number of thioether (sulfide) groups is 1. The van der Waals surface area contributed by atoms with Crippen LogP contribution in [0.3, 0.4) is 0 Å². The van der Waals surface area contributed by atoms with Gasteiger partial charge in [0.25, 0.3) is 0 Å². The standard InChI is InChI=1S/C8H11N5OS/c9-2-4-15-5-8(14)10-3-1-7-11-6-12-13-7/h6H,1,3-5H2,(H,10,14)(H,11,12,13). The molecule has 0 saturated heterocycles. The number of hydrogen-bond donors (Lipinski definition) is 2. The fourth-order valence-electron chi connectivity index (χ4n) is 0.912. The van der Waals surface area contributed by atoms with Crippen molar-refractivity contribution < 1.29 is 4.79 Å². The third kappa shape index (κ3) is 5.02. The Kier molecular flexibility index (Phi) is 5.25. The molecule has 0 aromatic carbocycles. The Balaban J connectivity index is 2.05. The van der Waals surface area contributed by atoms with Crippen molar-refractivity contribution in [3.63, 3.8) is 0 Å². The van der Waals surface area contributed by atoms with Crippen molar-refractivity contribution >= 4 is 17.7 Å². The summed E-state index contributed by atoms with van der Waals surface area (Å²) in [5.74, 6) is 1.36. The number of carbonyl (C=O) groups excluding carboxylic acids is 1. The molecule has 0 aliphatic rings. The number of amides is 1. The van der Waals surface area contributed by atoms with Crippen molar-refractivity contribution in [2.24, 2.45) is 0 Å². The highest BCUT2D eigenvalue weighted by Gasteiger charge is 2.01. The summed E-state index contributed by atoms with van der Waals surface area (Å²) in [6.45, 7) is 0.529. The van der Waals surface area contributed by atoms with E-state index in [9.17, 15) is 4.79 Å². The smallest absolute Gasteiger partial charge is 0.230 e. The minimum atomic E-state index is -0.0604. The molecule has 0 aliphatic carbocycles. The summed E-state index contributed by atoms with van der Waals surface area (Å²) in [5, 5.41) is 17.4. The molecule has 1 rings (SSSR count). The molecule has 1 aromatic heterocycles. The zero-order valence-corrected chi connectivity index (χ0v) is 8.88. The zero-order valence-electron chi connectivity index (χ0n) is 8.06. The molecule has 0 bridgehead atoms. The van der Waals surface area contributed by atoms with Gasteiger partial charge in [-0.2, -0.15) is 10.4 Å². The second-order valence-corrected chi connectivity index (χ2v) is 3.67. The first-order valence-corrected chi connectivity index (χ1v) is 5.54. The molecule has 15 heavy (non-hydrogen) atoms. The van der Waals surface area contributed by atoms with Gasteiger partial charge in [0.2, 0.25) is 5.91 Å². The molecule has 0 saturated carbocycles. The van der Waals surface area contributed by atoms with Gasteiger partial charge in [0.05, 0.1) is 17.6 Å².